The number of nitrogens with zero attached hydrogens (tertiary/aromatic N) is 1. The third-order valence-corrected chi connectivity index (χ3v) is 4.90. The van der Waals surface area contributed by atoms with Gasteiger partial charge in [-0.2, -0.15) is 5.26 Å². The molecule has 0 amide bonds. The topological polar surface area (TPSA) is 35.8 Å². The van der Waals surface area contributed by atoms with Crippen LogP contribution in [0.1, 0.15) is 38.0 Å². The SMILES string of the molecule is CC(C)(CNCC1(CC#N)CC1)c1cccs1. The Hall–Kier alpha value is -0.850. The van der Waals surface area contributed by atoms with E-state index in [-0.39, 0.29) is 5.41 Å². The van der Waals surface area contributed by atoms with Gasteiger partial charge in [-0.25, -0.2) is 0 Å². The Morgan fingerprint density at radius 1 is 1.53 bits per heavy atom. The molecule has 0 atom stereocenters. The first kappa shape index (κ1) is 12.6. The average molecular weight is 248 g/mol. The summed E-state index contributed by atoms with van der Waals surface area (Å²) in [6.45, 7) is 6.53. The quantitative estimate of drug-likeness (QED) is 0.838. The molecule has 0 aromatic carbocycles. The monoisotopic (exact) mass is 248 g/mol. The molecule has 0 unspecified atom stereocenters. The fraction of sp³-hybridized carbons (Fsp3) is 0.643. The highest BCUT2D eigenvalue weighted by Gasteiger charge is 2.42. The lowest BCUT2D eigenvalue weighted by molar-refractivity contribution is 0.412. The van der Waals surface area contributed by atoms with Crippen molar-refractivity contribution < 1.29 is 0 Å². The second kappa shape index (κ2) is 4.80. The van der Waals surface area contributed by atoms with Gasteiger partial charge in [0, 0.05) is 29.8 Å². The molecular formula is C14H20N2S. The van der Waals surface area contributed by atoms with Gasteiger partial charge in [-0.05, 0) is 29.7 Å². The van der Waals surface area contributed by atoms with E-state index in [1.165, 1.54) is 17.7 Å². The van der Waals surface area contributed by atoms with Crippen LogP contribution in [0.2, 0.25) is 0 Å². The van der Waals surface area contributed by atoms with Crippen LogP contribution in [-0.2, 0) is 5.41 Å². The van der Waals surface area contributed by atoms with Crippen LogP contribution in [-0.4, -0.2) is 13.1 Å². The van der Waals surface area contributed by atoms with Crippen LogP contribution in [0.15, 0.2) is 17.5 Å². The zero-order valence-corrected chi connectivity index (χ0v) is 11.4. The second-order valence-corrected chi connectivity index (χ2v) is 6.75. The van der Waals surface area contributed by atoms with Crippen molar-refractivity contribution in [3.05, 3.63) is 22.4 Å². The minimum absolute atomic E-state index is 0.191. The molecule has 1 heterocycles. The second-order valence-electron chi connectivity index (χ2n) is 5.80. The fourth-order valence-corrected chi connectivity index (χ4v) is 3.00. The van der Waals surface area contributed by atoms with Crippen LogP contribution in [0.3, 0.4) is 0 Å². The van der Waals surface area contributed by atoms with E-state index in [2.05, 4.69) is 42.7 Å². The summed E-state index contributed by atoms with van der Waals surface area (Å²) in [4.78, 5) is 1.43. The predicted octanol–water partition coefficient (Wildman–Crippen LogP) is 3.31. The molecule has 92 valence electrons. The number of nitriles is 1. The van der Waals surface area contributed by atoms with E-state index >= 15 is 0 Å². The molecule has 1 aliphatic rings. The maximum atomic E-state index is 8.78. The zero-order chi connectivity index (χ0) is 12.4. The first-order chi connectivity index (χ1) is 8.08. The highest BCUT2D eigenvalue weighted by molar-refractivity contribution is 7.10. The molecule has 0 bridgehead atoms. The predicted molar refractivity (Wildman–Crippen MR) is 72.1 cm³/mol. The highest BCUT2D eigenvalue weighted by Crippen LogP contribution is 2.47. The molecule has 17 heavy (non-hydrogen) atoms. The lowest BCUT2D eigenvalue weighted by atomic mass is 9.91. The Morgan fingerprint density at radius 3 is 2.82 bits per heavy atom. The van der Waals surface area contributed by atoms with Gasteiger partial charge in [0.2, 0.25) is 0 Å². The molecule has 0 radical (unpaired) electrons. The summed E-state index contributed by atoms with van der Waals surface area (Å²) in [5.74, 6) is 0. The van der Waals surface area contributed by atoms with E-state index in [1.54, 1.807) is 0 Å². The van der Waals surface area contributed by atoms with E-state index in [0.29, 0.717) is 11.8 Å². The largest absolute Gasteiger partial charge is 0.315 e. The van der Waals surface area contributed by atoms with Gasteiger partial charge in [-0.1, -0.05) is 19.9 Å². The van der Waals surface area contributed by atoms with Crippen LogP contribution < -0.4 is 5.32 Å². The molecule has 1 aliphatic carbocycles. The maximum absolute atomic E-state index is 8.78. The summed E-state index contributed by atoms with van der Waals surface area (Å²) in [7, 11) is 0. The Bertz CT molecular complexity index is 396. The van der Waals surface area contributed by atoms with Crippen LogP contribution in [0.4, 0.5) is 0 Å². The summed E-state index contributed by atoms with van der Waals surface area (Å²) in [5, 5.41) is 14.5. The zero-order valence-electron chi connectivity index (χ0n) is 10.6. The maximum Gasteiger partial charge on any atom is 0.0628 e. The van der Waals surface area contributed by atoms with Gasteiger partial charge < -0.3 is 5.32 Å². The standard InChI is InChI=1S/C14H20N2S/c1-13(2,12-4-3-9-17-12)10-16-11-14(5-6-14)7-8-15/h3-4,9,16H,5-7,10-11H2,1-2H3. The number of thiophene rings is 1. The van der Waals surface area contributed by atoms with Crippen LogP contribution in [0.25, 0.3) is 0 Å². The number of nitrogens with one attached hydrogen (secondary N) is 1. The van der Waals surface area contributed by atoms with Crippen LogP contribution >= 0.6 is 11.3 Å². The smallest absolute Gasteiger partial charge is 0.0628 e. The molecule has 2 rings (SSSR count). The Labute approximate surface area is 108 Å². The number of rotatable bonds is 6. The average Bonchev–Trinajstić information content (AvgIpc) is 2.83. The van der Waals surface area contributed by atoms with Gasteiger partial charge in [0.1, 0.15) is 0 Å². The number of hydrogen-bond donors (Lipinski definition) is 1. The summed E-state index contributed by atoms with van der Waals surface area (Å²) in [6.07, 6.45) is 3.14. The molecule has 1 aromatic rings. The van der Waals surface area contributed by atoms with E-state index in [4.69, 9.17) is 5.26 Å². The third kappa shape index (κ3) is 3.08. The first-order valence-corrected chi connectivity index (χ1v) is 7.08. The lowest BCUT2D eigenvalue weighted by Gasteiger charge is -2.25. The summed E-state index contributed by atoms with van der Waals surface area (Å²) >= 11 is 1.82. The van der Waals surface area contributed by atoms with E-state index in [0.717, 1.165) is 13.1 Å². The molecule has 1 N–H and O–H groups in total. The molecule has 2 nitrogen and oxygen atoms in total. The first-order valence-electron chi connectivity index (χ1n) is 6.20. The normalized spacial score (nSPS) is 17.7. The van der Waals surface area contributed by atoms with Gasteiger partial charge in [-0.15, -0.1) is 11.3 Å². The van der Waals surface area contributed by atoms with E-state index in [1.807, 2.05) is 11.3 Å². The van der Waals surface area contributed by atoms with Crippen LogP contribution in [0, 0.1) is 16.7 Å². The van der Waals surface area contributed by atoms with Crippen molar-refractivity contribution in [2.45, 2.75) is 38.5 Å². The minimum atomic E-state index is 0.191. The van der Waals surface area contributed by atoms with Crippen molar-refractivity contribution in [3.8, 4) is 6.07 Å². The highest BCUT2D eigenvalue weighted by atomic mass is 32.1. The summed E-state index contributed by atoms with van der Waals surface area (Å²) in [6, 6.07) is 6.62. The molecule has 0 spiro atoms. The van der Waals surface area contributed by atoms with Gasteiger partial charge in [-0.3, -0.25) is 0 Å². The Kier molecular flexibility index (Phi) is 3.56. The van der Waals surface area contributed by atoms with Crippen molar-refractivity contribution in [1.82, 2.24) is 5.32 Å². The van der Waals surface area contributed by atoms with E-state index < -0.39 is 0 Å². The van der Waals surface area contributed by atoms with Crippen LogP contribution in [0.5, 0.6) is 0 Å². The molecular weight excluding hydrogens is 228 g/mol. The van der Waals surface area contributed by atoms with Crippen molar-refractivity contribution in [3.63, 3.8) is 0 Å². The van der Waals surface area contributed by atoms with Crippen molar-refractivity contribution in [2.75, 3.05) is 13.1 Å². The van der Waals surface area contributed by atoms with Gasteiger partial charge >= 0.3 is 0 Å². The molecule has 1 saturated carbocycles. The molecule has 0 saturated heterocycles. The van der Waals surface area contributed by atoms with Gasteiger partial charge in [0.05, 0.1) is 6.07 Å². The van der Waals surface area contributed by atoms with Gasteiger partial charge in [0.25, 0.3) is 0 Å². The van der Waals surface area contributed by atoms with Crippen molar-refractivity contribution >= 4 is 11.3 Å². The van der Waals surface area contributed by atoms with E-state index in [9.17, 15) is 0 Å². The summed E-state index contributed by atoms with van der Waals surface area (Å²) in [5.41, 5.74) is 0.497. The third-order valence-electron chi connectivity index (χ3n) is 3.67. The fourth-order valence-electron chi connectivity index (χ4n) is 2.15. The molecule has 3 heteroatoms. The van der Waals surface area contributed by atoms with Crippen molar-refractivity contribution in [2.24, 2.45) is 5.41 Å². The summed E-state index contributed by atoms with van der Waals surface area (Å²) < 4.78 is 0. The molecule has 1 fully saturated rings. The number of hydrogen-bond acceptors (Lipinski definition) is 3. The Morgan fingerprint density at radius 2 is 2.29 bits per heavy atom. The van der Waals surface area contributed by atoms with Crippen molar-refractivity contribution in [1.29, 1.82) is 5.26 Å². The lowest BCUT2D eigenvalue weighted by Crippen LogP contribution is -2.35. The van der Waals surface area contributed by atoms with Gasteiger partial charge in [0.15, 0.2) is 0 Å². The molecule has 0 aliphatic heterocycles. The molecule has 1 aromatic heterocycles. The Balaban J connectivity index is 1.81. The minimum Gasteiger partial charge on any atom is -0.315 e.